The summed E-state index contributed by atoms with van der Waals surface area (Å²) in [7, 11) is 0. The molecule has 0 unspecified atom stereocenters. The van der Waals surface area contributed by atoms with Crippen LogP contribution in [0, 0.1) is 5.82 Å². The summed E-state index contributed by atoms with van der Waals surface area (Å²) in [6.07, 6.45) is 5.62. The molecule has 1 saturated carbocycles. The van der Waals surface area contributed by atoms with Crippen molar-refractivity contribution in [2.75, 3.05) is 6.54 Å². The molecule has 0 spiro atoms. The summed E-state index contributed by atoms with van der Waals surface area (Å²) in [5, 5.41) is 7.35. The highest BCUT2D eigenvalue weighted by molar-refractivity contribution is 9.10. The molecular formula is C16H18BrFN4O. The van der Waals surface area contributed by atoms with Crippen molar-refractivity contribution < 1.29 is 9.18 Å². The molecule has 0 radical (unpaired) electrons. The minimum Gasteiger partial charge on any atom is -0.344 e. The van der Waals surface area contributed by atoms with E-state index in [1.807, 2.05) is 0 Å². The number of nitrogens with one attached hydrogen (secondary N) is 1. The van der Waals surface area contributed by atoms with Crippen molar-refractivity contribution in [3.05, 3.63) is 46.4 Å². The number of rotatable bonds is 4. The third-order valence-corrected chi connectivity index (χ3v) is 4.89. The molecule has 1 aromatic carbocycles. The Balaban J connectivity index is 1.83. The molecule has 2 aromatic rings. The minimum atomic E-state index is -0.323. The van der Waals surface area contributed by atoms with E-state index in [2.05, 4.69) is 26.3 Å². The number of hydrogen-bond acceptors (Lipinski definition) is 3. The normalized spacial score (nSPS) is 16.5. The first-order chi connectivity index (χ1) is 11.0. The monoisotopic (exact) mass is 380 g/mol. The van der Waals surface area contributed by atoms with Gasteiger partial charge in [-0.25, -0.2) is 9.07 Å². The molecule has 1 aromatic heterocycles. The number of carbonyl (C=O) groups excluding carboxylic acids is 1. The van der Waals surface area contributed by atoms with Crippen molar-refractivity contribution >= 4 is 21.8 Å². The van der Waals surface area contributed by atoms with E-state index in [0.717, 1.165) is 25.7 Å². The molecule has 3 rings (SSSR count). The number of carbonyl (C=O) groups is 1. The van der Waals surface area contributed by atoms with E-state index in [0.29, 0.717) is 22.4 Å². The standard InChI is InChI=1S/C16H18BrFN4O/c17-13-9-22(12-5-3-11(18)4-6-12)21-14(13)15(23)20-16(10-19)7-1-2-8-16/h3-6,9H,1-2,7-8,10,19H2,(H,20,23). The Hall–Kier alpha value is -1.73. The topological polar surface area (TPSA) is 72.9 Å². The first kappa shape index (κ1) is 16.1. The molecule has 0 atom stereocenters. The third kappa shape index (κ3) is 3.30. The van der Waals surface area contributed by atoms with Crippen LogP contribution in [0.2, 0.25) is 0 Å². The summed E-state index contributed by atoms with van der Waals surface area (Å²) in [4.78, 5) is 12.6. The summed E-state index contributed by atoms with van der Waals surface area (Å²) in [5.41, 5.74) is 6.51. The number of halogens is 2. The van der Waals surface area contributed by atoms with E-state index >= 15 is 0 Å². The van der Waals surface area contributed by atoms with Crippen LogP contribution < -0.4 is 11.1 Å². The van der Waals surface area contributed by atoms with Crippen molar-refractivity contribution in [2.45, 2.75) is 31.2 Å². The van der Waals surface area contributed by atoms with E-state index in [4.69, 9.17) is 5.73 Å². The summed E-state index contributed by atoms with van der Waals surface area (Å²) in [6, 6.07) is 5.92. The number of nitrogens with two attached hydrogens (primary N) is 1. The summed E-state index contributed by atoms with van der Waals surface area (Å²) >= 11 is 3.37. The highest BCUT2D eigenvalue weighted by atomic mass is 79.9. The molecule has 5 nitrogen and oxygen atoms in total. The fourth-order valence-electron chi connectivity index (χ4n) is 2.96. The van der Waals surface area contributed by atoms with E-state index in [9.17, 15) is 9.18 Å². The van der Waals surface area contributed by atoms with Gasteiger partial charge in [-0.3, -0.25) is 4.79 Å². The van der Waals surface area contributed by atoms with Crippen LogP contribution in [0.5, 0.6) is 0 Å². The summed E-state index contributed by atoms with van der Waals surface area (Å²) in [5.74, 6) is -0.561. The van der Waals surface area contributed by atoms with Gasteiger partial charge in [-0.1, -0.05) is 12.8 Å². The molecule has 0 bridgehead atoms. The molecule has 1 amide bonds. The van der Waals surface area contributed by atoms with E-state index in [1.54, 1.807) is 23.0 Å². The Bertz CT molecular complexity index is 707. The summed E-state index contributed by atoms with van der Waals surface area (Å²) < 4.78 is 15.1. The quantitative estimate of drug-likeness (QED) is 0.856. The second-order valence-corrected chi connectivity index (χ2v) is 6.75. The van der Waals surface area contributed by atoms with Gasteiger partial charge in [0.2, 0.25) is 0 Å². The fraction of sp³-hybridized carbons (Fsp3) is 0.375. The van der Waals surface area contributed by atoms with Gasteiger partial charge in [0.1, 0.15) is 5.82 Å². The van der Waals surface area contributed by atoms with Gasteiger partial charge < -0.3 is 11.1 Å². The zero-order chi connectivity index (χ0) is 16.4. The maximum absolute atomic E-state index is 13.0. The number of hydrogen-bond donors (Lipinski definition) is 2. The molecule has 1 aliphatic rings. The first-order valence-corrected chi connectivity index (χ1v) is 8.36. The lowest BCUT2D eigenvalue weighted by Crippen LogP contribution is -2.51. The second kappa shape index (κ2) is 6.41. The van der Waals surface area contributed by atoms with Crippen LogP contribution in [0.4, 0.5) is 4.39 Å². The van der Waals surface area contributed by atoms with Gasteiger partial charge in [-0.2, -0.15) is 5.10 Å². The third-order valence-electron chi connectivity index (χ3n) is 4.31. The SMILES string of the molecule is NCC1(NC(=O)c2nn(-c3ccc(F)cc3)cc2Br)CCCC1. The molecule has 23 heavy (non-hydrogen) atoms. The van der Waals surface area contributed by atoms with Gasteiger partial charge in [0.15, 0.2) is 5.69 Å². The Kier molecular flexibility index (Phi) is 4.50. The van der Waals surface area contributed by atoms with Crippen LogP contribution in [0.25, 0.3) is 5.69 Å². The van der Waals surface area contributed by atoms with Crippen molar-refractivity contribution in [3.8, 4) is 5.69 Å². The molecule has 7 heteroatoms. The molecular weight excluding hydrogens is 363 g/mol. The van der Waals surface area contributed by atoms with Crippen LogP contribution in [0.1, 0.15) is 36.2 Å². The van der Waals surface area contributed by atoms with Crippen LogP contribution in [-0.4, -0.2) is 27.8 Å². The smallest absolute Gasteiger partial charge is 0.273 e. The van der Waals surface area contributed by atoms with Crippen molar-refractivity contribution in [1.82, 2.24) is 15.1 Å². The zero-order valence-corrected chi connectivity index (χ0v) is 14.1. The highest BCUT2D eigenvalue weighted by Crippen LogP contribution is 2.29. The molecule has 3 N–H and O–H groups in total. The number of benzene rings is 1. The predicted octanol–water partition coefficient (Wildman–Crippen LogP) is 2.78. The van der Waals surface area contributed by atoms with E-state index < -0.39 is 0 Å². The largest absolute Gasteiger partial charge is 0.344 e. The van der Waals surface area contributed by atoms with Crippen molar-refractivity contribution in [3.63, 3.8) is 0 Å². The highest BCUT2D eigenvalue weighted by Gasteiger charge is 2.35. The predicted molar refractivity (Wildman–Crippen MR) is 88.9 cm³/mol. The minimum absolute atomic E-state index is 0.245. The Morgan fingerprint density at radius 3 is 2.61 bits per heavy atom. The first-order valence-electron chi connectivity index (χ1n) is 7.57. The van der Waals surface area contributed by atoms with Gasteiger partial charge in [0.25, 0.3) is 5.91 Å². The Labute approximate surface area is 142 Å². The van der Waals surface area contributed by atoms with Gasteiger partial charge >= 0.3 is 0 Å². The average molecular weight is 381 g/mol. The molecule has 0 aliphatic heterocycles. The van der Waals surface area contributed by atoms with Crippen molar-refractivity contribution in [2.24, 2.45) is 5.73 Å². The lowest BCUT2D eigenvalue weighted by atomic mass is 9.97. The lowest BCUT2D eigenvalue weighted by molar-refractivity contribution is 0.0896. The van der Waals surface area contributed by atoms with Crippen LogP contribution in [0.15, 0.2) is 34.9 Å². The molecule has 1 fully saturated rings. The number of aromatic nitrogens is 2. The average Bonchev–Trinajstić information content (AvgIpc) is 3.15. The zero-order valence-electron chi connectivity index (χ0n) is 12.6. The van der Waals surface area contributed by atoms with Gasteiger partial charge in [0.05, 0.1) is 15.7 Å². The van der Waals surface area contributed by atoms with Crippen LogP contribution in [0.3, 0.4) is 0 Å². The van der Waals surface area contributed by atoms with Gasteiger partial charge in [-0.15, -0.1) is 0 Å². The molecule has 122 valence electrons. The fourth-order valence-corrected chi connectivity index (χ4v) is 3.42. The molecule has 1 heterocycles. The van der Waals surface area contributed by atoms with E-state index in [-0.39, 0.29) is 17.3 Å². The molecule has 0 saturated heterocycles. The van der Waals surface area contributed by atoms with Crippen LogP contribution >= 0.6 is 15.9 Å². The van der Waals surface area contributed by atoms with E-state index in [1.165, 1.54) is 12.1 Å². The lowest BCUT2D eigenvalue weighted by Gasteiger charge is -2.28. The molecule has 1 aliphatic carbocycles. The van der Waals surface area contributed by atoms with Gasteiger partial charge in [-0.05, 0) is 53.0 Å². The maximum Gasteiger partial charge on any atom is 0.273 e. The van der Waals surface area contributed by atoms with Crippen LogP contribution in [-0.2, 0) is 0 Å². The number of amides is 1. The Morgan fingerprint density at radius 2 is 2.00 bits per heavy atom. The summed E-state index contributed by atoms with van der Waals surface area (Å²) in [6.45, 7) is 0.426. The van der Waals surface area contributed by atoms with Crippen molar-refractivity contribution in [1.29, 1.82) is 0 Å². The number of nitrogens with zero attached hydrogens (tertiary/aromatic N) is 2. The van der Waals surface area contributed by atoms with Gasteiger partial charge in [0, 0.05) is 12.7 Å². The Morgan fingerprint density at radius 1 is 1.35 bits per heavy atom. The second-order valence-electron chi connectivity index (χ2n) is 5.89. The maximum atomic E-state index is 13.0.